The summed E-state index contributed by atoms with van der Waals surface area (Å²) in [7, 11) is 0. The number of amides is 1. The first-order valence-electron chi connectivity index (χ1n) is 6.74. The molecule has 0 bridgehead atoms. The average Bonchev–Trinajstić information content (AvgIpc) is 2.36. The second kappa shape index (κ2) is 5.62. The number of aromatic nitrogens is 2. The number of hydrogen-bond acceptors (Lipinski definition) is 4. The molecule has 1 amide bonds. The first-order chi connectivity index (χ1) is 9.40. The smallest absolute Gasteiger partial charge is 0.325 e. The lowest BCUT2D eigenvalue weighted by atomic mass is 9.77. The van der Waals surface area contributed by atoms with E-state index in [2.05, 4.69) is 29.5 Å². The molecule has 7 heteroatoms. The molecule has 1 atom stereocenters. The van der Waals surface area contributed by atoms with Crippen LogP contribution in [0.4, 0.5) is 0 Å². The van der Waals surface area contributed by atoms with Gasteiger partial charge in [0, 0.05) is 18.8 Å². The van der Waals surface area contributed by atoms with E-state index in [-0.39, 0.29) is 17.0 Å². The van der Waals surface area contributed by atoms with Crippen molar-refractivity contribution in [1.29, 1.82) is 0 Å². The van der Waals surface area contributed by atoms with Gasteiger partial charge in [-0.05, 0) is 24.8 Å². The Kier molecular flexibility index (Phi) is 4.08. The number of H-pyrrole nitrogens is 2. The van der Waals surface area contributed by atoms with E-state index in [1.807, 2.05) is 4.98 Å². The number of carbonyl (C=O) groups is 1. The molecule has 1 aliphatic heterocycles. The van der Waals surface area contributed by atoms with Gasteiger partial charge >= 0.3 is 5.69 Å². The van der Waals surface area contributed by atoms with Crippen LogP contribution in [0.5, 0.6) is 0 Å². The fourth-order valence-corrected chi connectivity index (χ4v) is 2.49. The molecule has 20 heavy (non-hydrogen) atoms. The molecule has 7 nitrogen and oxygen atoms in total. The number of rotatable bonds is 3. The molecule has 0 aromatic carbocycles. The number of nitrogens with one attached hydrogen (secondary N) is 4. The molecule has 1 unspecified atom stereocenters. The van der Waals surface area contributed by atoms with E-state index in [0.717, 1.165) is 25.6 Å². The molecule has 0 saturated carbocycles. The van der Waals surface area contributed by atoms with E-state index >= 15 is 0 Å². The van der Waals surface area contributed by atoms with Gasteiger partial charge in [0.25, 0.3) is 11.5 Å². The van der Waals surface area contributed by atoms with Crippen LogP contribution in [-0.4, -0.2) is 35.0 Å². The van der Waals surface area contributed by atoms with Gasteiger partial charge in [0.15, 0.2) is 0 Å². The molecule has 1 fully saturated rings. The third-order valence-corrected chi connectivity index (χ3v) is 3.86. The van der Waals surface area contributed by atoms with Crippen molar-refractivity contribution in [2.75, 3.05) is 13.1 Å². The monoisotopic (exact) mass is 280 g/mol. The van der Waals surface area contributed by atoms with Gasteiger partial charge in [-0.3, -0.25) is 14.6 Å². The summed E-state index contributed by atoms with van der Waals surface area (Å²) in [5.74, 6) is -0.481. The van der Waals surface area contributed by atoms with Crippen LogP contribution < -0.4 is 21.9 Å². The number of carbonyl (C=O) groups excluding carboxylic acids is 1. The van der Waals surface area contributed by atoms with Crippen LogP contribution >= 0.6 is 0 Å². The summed E-state index contributed by atoms with van der Waals surface area (Å²) in [6, 6.07) is 0.169. The topological polar surface area (TPSA) is 107 Å². The average molecular weight is 280 g/mol. The van der Waals surface area contributed by atoms with Crippen molar-refractivity contribution in [3.05, 3.63) is 32.6 Å². The number of aromatic amines is 2. The second-order valence-corrected chi connectivity index (χ2v) is 5.79. The zero-order valence-corrected chi connectivity index (χ0v) is 11.7. The molecule has 1 aliphatic rings. The molecular weight excluding hydrogens is 260 g/mol. The minimum atomic E-state index is -0.679. The van der Waals surface area contributed by atoms with Crippen LogP contribution in [0, 0.1) is 5.41 Å². The van der Waals surface area contributed by atoms with Gasteiger partial charge in [0.1, 0.15) is 5.56 Å². The quantitative estimate of drug-likeness (QED) is 0.602. The molecule has 0 radical (unpaired) electrons. The summed E-state index contributed by atoms with van der Waals surface area (Å²) in [5, 5.41) is 6.12. The Hall–Kier alpha value is -1.89. The maximum absolute atomic E-state index is 11.9. The summed E-state index contributed by atoms with van der Waals surface area (Å²) in [6.07, 6.45) is 3.35. The molecule has 0 aliphatic carbocycles. The molecule has 0 spiro atoms. The fraction of sp³-hybridized carbons (Fsp3) is 0.615. The molecule has 1 aromatic rings. The lowest BCUT2D eigenvalue weighted by Gasteiger charge is -2.39. The normalized spacial score (nSPS) is 21.4. The van der Waals surface area contributed by atoms with Crippen molar-refractivity contribution in [2.45, 2.75) is 32.7 Å². The lowest BCUT2D eigenvalue weighted by molar-refractivity contribution is 0.0927. The maximum Gasteiger partial charge on any atom is 0.325 e. The Bertz CT molecular complexity index is 602. The van der Waals surface area contributed by atoms with Gasteiger partial charge in [-0.2, -0.15) is 0 Å². The Morgan fingerprint density at radius 1 is 1.45 bits per heavy atom. The summed E-state index contributed by atoms with van der Waals surface area (Å²) >= 11 is 0. The standard InChI is InChI=1S/C13H20N4O3/c1-13(2)4-3-5-14-9(13)7-15-10(18)8-6-16-12(20)17-11(8)19/h6,9,14H,3-5,7H2,1-2H3,(H,15,18)(H2,16,17,19,20). The van der Waals surface area contributed by atoms with Crippen molar-refractivity contribution in [3.63, 3.8) is 0 Å². The Balaban J connectivity index is 2.01. The van der Waals surface area contributed by atoms with E-state index < -0.39 is 17.2 Å². The zero-order chi connectivity index (χ0) is 14.8. The zero-order valence-electron chi connectivity index (χ0n) is 11.7. The van der Waals surface area contributed by atoms with E-state index in [1.165, 1.54) is 0 Å². The predicted molar refractivity (Wildman–Crippen MR) is 74.8 cm³/mol. The molecule has 2 heterocycles. The van der Waals surface area contributed by atoms with Crippen molar-refractivity contribution >= 4 is 5.91 Å². The van der Waals surface area contributed by atoms with E-state index in [1.54, 1.807) is 0 Å². The summed E-state index contributed by atoms with van der Waals surface area (Å²) in [5.41, 5.74) is -1.29. The third kappa shape index (κ3) is 3.16. The van der Waals surface area contributed by atoms with Crippen molar-refractivity contribution in [3.8, 4) is 0 Å². The molecule has 4 N–H and O–H groups in total. The van der Waals surface area contributed by atoms with E-state index in [9.17, 15) is 14.4 Å². The van der Waals surface area contributed by atoms with Crippen molar-refractivity contribution in [2.24, 2.45) is 5.41 Å². The number of piperidine rings is 1. The van der Waals surface area contributed by atoms with E-state index in [4.69, 9.17) is 0 Å². The largest absolute Gasteiger partial charge is 0.350 e. The minimum absolute atomic E-state index is 0.0850. The predicted octanol–water partition coefficient (Wildman–Crippen LogP) is -0.429. The molecular formula is C13H20N4O3. The Morgan fingerprint density at radius 2 is 2.20 bits per heavy atom. The molecule has 2 rings (SSSR count). The summed E-state index contributed by atoms with van der Waals surface area (Å²) < 4.78 is 0. The highest BCUT2D eigenvalue weighted by Crippen LogP contribution is 2.29. The summed E-state index contributed by atoms with van der Waals surface area (Å²) in [6.45, 7) is 5.69. The highest BCUT2D eigenvalue weighted by atomic mass is 16.2. The van der Waals surface area contributed by atoms with Gasteiger partial charge in [0.2, 0.25) is 0 Å². The lowest BCUT2D eigenvalue weighted by Crippen LogP contribution is -2.53. The maximum atomic E-state index is 11.9. The van der Waals surface area contributed by atoms with Crippen LogP contribution in [0.1, 0.15) is 37.0 Å². The first-order valence-corrected chi connectivity index (χ1v) is 6.74. The van der Waals surface area contributed by atoms with Crippen LogP contribution in [0.15, 0.2) is 15.8 Å². The van der Waals surface area contributed by atoms with Gasteiger partial charge in [0.05, 0.1) is 0 Å². The highest BCUT2D eigenvalue weighted by molar-refractivity contribution is 5.93. The Morgan fingerprint density at radius 3 is 2.85 bits per heavy atom. The minimum Gasteiger partial charge on any atom is -0.350 e. The Labute approximate surface area is 116 Å². The van der Waals surface area contributed by atoms with Crippen LogP contribution in [0.2, 0.25) is 0 Å². The van der Waals surface area contributed by atoms with Crippen LogP contribution in [0.25, 0.3) is 0 Å². The fourth-order valence-electron chi connectivity index (χ4n) is 2.49. The van der Waals surface area contributed by atoms with E-state index in [0.29, 0.717) is 6.54 Å². The molecule has 1 saturated heterocycles. The summed E-state index contributed by atoms with van der Waals surface area (Å²) in [4.78, 5) is 38.7. The number of hydrogen-bond donors (Lipinski definition) is 4. The third-order valence-electron chi connectivity index (χ3n) is 3.86. The van der Waals surface area contributed by atoms with Gasteiger partial charge < -0.3 is 15.6 Å². The molecule has 1 aromatic heterocycles. The van der Waals surface area contributed by atoms with Crippen LogP contribution in [0.3, 0.4) is 0 Å². The second-order valence-electron chi connectivity index (χ2n) is 5.79. The van der Waals surface area contributed by atoms with Gasteiger partial charge in [-0.15, -0.1) is 0 Å². The van der Waals surface area contributed by atoms with Crippen molar-refractivity contribution < 1.29 is 4.79 Å². The highest BCUT2D eigenvalue weighted by Gasteiger charge is 2.32. The van der Waals surface area contributed by atoms with Gasteiger partial charge in [-0.25, -0.2) is 4.79 Å². The first kappa shape index (κ1) is 14.5. The van der Waals surface area contributed by atoms with Crippen LogP contribution in [-0.2, 0) is 0 Å². The molecule has 110 valence electrons. The van der Waals surface area contributed by atoms with Crippen molar-refractivity contribution in [1.82, 2.24) is 20.6 Å². The van der Waals surface area contributed by atoms with Gasteiger partial charge in [-0.1, -0.05) is 13.8 Å². The SMILES string of the molecule is CC1(C)CCCNC1CNC(=O)c1c[nH]c(=O)[nH]c1=O.